The molecule has 0 bridgehead atoms. The molecule has 230 valence electrons. The summed E-state index contributed by atoms with van der Waals surface area (Å²) in [4.78, 5) is 47.8. The largest absolute Gasteiger partial charge is 0.465 e. The Balaban J connectivity index is 1.07. The van der Waals surface area contributed by atoms with Crippen molar-refractivity contribution in [2.75, 3.05) is 25.1 Å². The number of nitrogens with one attached hydrogen (secondary N) is 1. The Morgan fingerprint density at radius 2 is 1.83 bits per heavy atom. The van der Waals surface area contributed by atoms with Crippen molar-refractivity contribution in [1.29, 1.82) is 5.26 Å². The number of nitrogens with zero attached hydrogens (tertiary/aromatic N) is 4. The predicted octanol–water partition coefficient (Wildman–Crippen LogP) is 6.09. The van der Waals surface area contributed by atoms with E-state index in [0.29, 0.717) is 45.1 Å². The number of aromatic nitrogens is 2. The van der Waals surface area contributed by atoms with Crippen LogP contribution in [0.1, 0.15) is 51.6 Å². The lowest BCUT2D eigenvalue weighted by Crippen LogP contribution is -2.34. The van der Waals surface area contributed by atoms with Crippen LogP contribution in [0.2, 0.25) is 0 Å². The lowest BCUT2D eigenvalue weighted by molar-refractivity contribution is 0.0600. The van der Waals surface area contributed by atoms with Gasteiger partial charge in [-0.3, -0.25) is 9.69 Å². The molecule has 46 heavy (non-hydrogen) atoms. The van der Waals surface area contributed by atoms with E-state index in [9.17, 15) is 19.6 Å². The second kappa shape index (κ2) is 12.5. The van der Waals surface area contributed by atoms with E-state index in [0.717, 1.165) is 16.7 Å². The van der Waals surface area contributed by atoms with Gasteiger partial charge in [0.2, 0.25) is 5.89 Å². The van der Waals surface area contributed by atoms with Crippen LogP contribution in [0.3, 0.4) is 0 Å². The number of esters is 1. The minimum absolute atomic E-state index is 0.117. The van der Waals surface area contributed by atoms with E-state index in [2.05, 4.69) is 21.4 Å². The molecular weight excluding hydrogens is 586 g/mol. The van der Waals surface area contributed by atoms with Crippen molar-refractivity contribution >= 4 is 34.9 Å². The van der Waals surface area contributed by atoms with Gasteiger partial charge in [0, 0.05) is 28.5 Å². The van der Waals surface area contributed by atoms with Gasteiger partial charge in [0.15, 0.2) is 5.58 Å². The molecule has 0 saturated carbocycles. The van der Waals surface area contributed by atoms with Crippen LogP contribution in [0.5, 0.6) is 0 Å². The number of methoxy groups -OCH3 is 1. The number of carbonyl (C=O) groups excluding carboxylic acids is 3. The number of rotatable bonds is 8. The van der Waals surface area contributed by atoms with Gasteiger partial charge in [-0.2, -0.15) is 5.26 Å². The molecule has 11 heteroatoms. The summed E-state index contributed by atoms with van der Waals surface area (Å²) in [6, 6.07) is 23.0. The molecule has 1 aliphatic heterocycles. The molecule has 3 heterocycles. The monoisotopic (exact) mass is 615 g/mol. The summed E-state index contributed by atoms with van der Waals surface area (Å²) in [5.41, 5.74) is 5.76. The zero-order valence-corrected chi connectivity index (χ0v) is 25.3. The van der Waals surface area contributed by atoms with Crippen LogP contribution in [0.4, 0.5) is 10.6 Å². The summed E-state index contributed by atoms with van der Waals surface area (Å²) < 4.78 is 16.3. The standard InChI is InChI=1S/C35H29N5O6/c1-20(2)28-13-21(16-36)14-29-31(28)46-33(39-29)23-9-7-22(8-10-23)32(41)38-18-27-19-40(35(43)45-27)30-12-11-26(17-37-30)24-5-4-6-25(15-24)34(42)44-3/h4-15,17,20,27H,18-19H2,1-3H3,(H,38,41). The van der Waals surface area contributed by atoms with Crippen molar-refractivity contribution in [1.82, 2.24) is 15.3 Å². The van der Waals surface area contributed by atoms with Crippen molar-refractivity contribution in [3.63, 3.8) is 0 Å². The van der Waals surface area contributed by atoms with Gasteiger partial charge in [-0.1, -0.05) is 26.0 Å². The van der Waals surface area contributed by atoms with Gasteiger partial charge >= 0.3 is 12.1 Å². The fourth-order valence-electron chi connectivity index (χ4n) is 5.22. The van der Waals surface area contributed by atoms with E-state index in [4.69, 9.17) is 13.9 Å². The quantitative estimate of drug-likeness (QED) is 0.205. The number of ether oxygens (including phenoxy) is 2. The fourth-order valence-corrected chi connectivity index (χ4v) is 5.22. The Morgan fingerprint density at radius 3 is 2.52 bits per heavy atom. The molecule has 5 aromatic rings. The second-order valence-electron chi connectivity index (χ2n) is 11.1. The van der Waals surface area contributed by atoms with Crippen LogP contribution in [0, 0.1) is 11.3 Å². The van der Waals surface area contributed by atoms with E-state index < -0.39 is 18.2 Å². The average Bonchev–Trinajstić information content (AvgIpc) is 3.69. The number of fused-ring (bicyclic) bond motifs is 1. The van der Waals surface area contributed by atoms with Gasteiger partial charge in [-0.05, 0) is 72.1 Å². The first-order valence-corrected chi connectivity index (χ1v) is 14.6. The van der Waals surface area contributed by atoms with Crippen LogP contribution in [0.25, 0.3) is 33.7 Å². The van der Waals surface area contributed by atoms with Crippen molar-refractivity contribution in [2.45, 2.75) is 25.9 Å². The SMILES string of the molecule is COC(=O)c1cccc(-c2ccc(N3CC(CNC(=O)c4ccc(-c5nc6cc(C#N)cc(C(C)C)c6o5)cc4)OC3=O)nc2)c1. The number of amides is 2. The van der Waals surface area contributed by atoms with E-state index in [1.165, 1.54) is 12.0 Å². The molecule has 1 saturated heterocycles. The molecule has 0 spiro atoms. The van der Waals surface area contributed by atoms with Crippen molar-refractivity contribution in [3.8, 4) is 28.7 Å². The zero-order chi connectivity index (χ0) is 32.4. The van der Waals surface area contributed by atoms with Gasteiger partial charge in [0.1, 0.15) is 17.4 Å². The van der Waals surface area contributed by atoms with Gasteiger partial charge in [0.25, 0.3) is 5.91 Å². The highest BCUT2D eigenvalue weighted by Crippen LogP contribution is 2.31. The Bertz CT molecular complexity index is 1990. The third kappa shape index (κ3) is 6.01. The highest BCUT2D eigenvalue weighted by molar-refractivity contribution is 5.95. The fraction of sp³-hybridized carbons (Fsp3) is 0.200. The van der Waals surface area contributed by atoms with Crippen LogP contribution in [0.15, 0.2) is 83.4 Å². The average molecular weight is 616 g/mol. The lowest BCUT2D eigenvalue weighted by atomic mass is 10.00. The number of oxazole rings is 1. The summed E-state index contributed by atoms with van der Waals surface area (Å²) >= 11 is 0. The molecule has 1 N–H and O–H groups in total. The van der Waals surface area contributed by atoms with Crippen molar-refractivity contribution < 1.29 is 28.3 Å². The number of hydrogen-bond donors (Lipinski definition) is 1. The third-order valence-corrected chi connectivity index (χ3v) is 7.67. The van der Waals surface area contributed by atoms with Crippen molar-refractivity contribution in [3.05, 3.63) is 101 Å². The molecule has 6 rings (SSSR count). The summed E-state index contributed by atoms with van der Waals surface area (Å²) in [6.07, 6.45) is 0.491. The Labute approximate surface area is 264 Å². The predicted molar refractivity (Wildman–Crippen MR) is 169 cm³/mol. The lowest BCUT2D eigenvalue weighted by Gasteiger charge is -2.13. The number of benzene rings is 3. The molecule has 2 amide bonds. The molecule has 1 atom stereocenters. The van der Waals surface area contributed by atoms with Crippen LogP contribution >= 0.6 is 0 Å². The Kier molecular flexibility index (Phi) is 8.18. The summed E-state index contributed by atoms with van der Waals surface area (Å²) in [6.45, 7) is 4.39. The Morgan fingerprint density at radius 1 is 1.04 bits per heavy atom. The van der Waals surface area contributed by atoms with E-state index in [1.54, 1.807) is 66.9 Å². The number of pyridine rings is 1. The molecule has 1 fully saturated rings. The maximum absolute atomic E-state index is 12.9. The zero-order valence-electron chi connectivity index (χ0n) is 25.3. The first-order valence-electron chi connectivity index (χ1n) is 14.6. The van der Waals surface area contributed by atoms with Gasteiger partial charge in [0.05, 0.1) is 37.4 Å². The maximum atomic E-state index is 12.9. The number of anilines is 1. The maximum Gasteiger partial charge on any atom is 0.416 e. The molecular formula is C35H29N5O6. The van der Waals surface area contributed by atoms with E-state index in [-0.39, 0.29) is 24.9 Å². The second-order valence-corrected chi connectivity index (χ2v) is 11.1. The number of cyclic esters (lactones) is 1. The van der Waals surface area contributed by atoms with Gasteiger partial charge < -0.3 is 19.2 Å². The Hall–Kier alpha value is -6.02. The molecule has 11 nitrogen and oxygen atoms in total. The van der Waals surface area contributed by atoms with Gasteiger partial charge in [-0.15, -0.1) is 0 Å². The van der Waals surface area contributed by atoms with E-state index in [1.807, 2.05) is 26.0 Å². The summed E-state index contributed by atoms with van der Waals surface area (Å²) in [7, 11) is 1.33. The third-order valence-electron chi connectivity index (χ3n) is 7.67. The number of carbonyl (C=O) groups is 3. The molecule has 3 aromatic carbocycles. The van der Waals surface area contributed by atoms with Crippen LogP contribution < -0.4 is 10.2 Å². The normalized spacial score (nSPS) is 14.3. The first kappa shape index (κ1) is 30.0. The molecule has 1 aliphatic rings. The van der Waals surface area contributed by atoms with Crippen LogP contribution in [-0.2, 0) is 9.47 Å². The molecule has 0 radical (unpaired) electrons. The minimum atomic E-state index is -0.567. The summed E-state index contributed by atoms with van der Waals surface area (Å²) in [5, 5.41) is 12.2. The van der Waals surface area contributed by atoms with Crippen molar-refractivity contribution in [2.24, 2.45) is 0 Å². The number of hydrogen-bond acceptors (Lipinski definition) is 9. The first-order chi connectivity index (χ1) is 22.2. The summed E-state index contributed by atoms with van der Waals surface area (Å²) in [5.74, 6) is 0.197. The highest BCUT2D eigenvalue weighted by Gasteiger charge is 2.33. The van der Waals surface area contributed by atoms with E-state index >= 15 is 0 Å². The van der Waals surface area contributed by atoms with Crippen LogP contribution in [-0.4, -0.2) is 54.2 Å². The molecule has 1 unspecified atom stereocenters. The minimum Gasteiger partial charge on any atom is -0.465 e. The molecule has 2 aromatic heterocycles. The topological polar surface area (TPSA) is 148 Å². The highest BCUT2D eigenvalue weighted by atomic mass is 16.6. The number of nitriles is 1. The molecule has 0 aliphatic carbocycles. The van der Waals surface area contributed by atoms with Gasteiger partial charge in [-0.25, -0.2) is 19.6 Å². The smallest absolute Gasteiger partial charge is 0.416 e.